The average molecular weight is 198 g/mol. The Hall–Kier alpha value is -1.26. The summed E-state index contributed by atoms with van der Waals surface area (Å²) in [7, 11) is 3.18. The molecule has 0 radical (unpaired) electrons. The first-order chi connectivity index (χ1) is 6.81. The zero-order valence-electron chi connectivity index (χ0n) is 8.32. The van der Waals surface area contributed by atoms with Gasteiger partial charge in [0.05, 0.1) is 20.8 Å². The molecule has 0 aliphatic carbocycles. The van der Waals surface area contributed by atoms with Crippen molar-refractivity contribution in [1.82, 2.24) is 0 Å². The molecule has 1 aromatic carbocycles. The maximum absolute atomic E-state index is 8.20. The molecule has 0 atom stereocenters. The second-order valence-electron chi connectivity index (χ2n) is 2.77. The zero-order valence-corrected chi connectivity index (χ0v) is 8.32. The van der Waals surface area contributed by atoms with Crippen LogP contribution in [-0.2, 0) is 11.3 Å². The van der Waals surface area contributed by atoms with E-state index in [1.807, 2.05) is 18.2 Å². The fourth-order valence-electron chi connectivity index (χ4n) is 1.20. The molecule has 0 amide bonds. The van der Waals surface area contributed by atoms with Crippen LogP contribution < -0.4 is 9.47 Å². The fourth-order valence-corrected chi connectivity index (χ4v) is 1.20. The minimum Gasteiger partial charge on any atom is -0.493 e. The van der Waals surface area contributed by atoms with Gasteiger partial charge in [0.25, 0.3) is 0 Å². The van der Waals surface area contributed by atoms with Crippen LogP contribution in [-0.4, -0.2) is 26.1 Å². The van der Waals surface area contributed by atoms with E-state index in [4.69, 9.17) is 14.7 Å². The van der Waals surface area contributed by atoms with Crippen molar-refractivity contribution in [3.05, 3.63) is 23.8 Å². The summed E-state index contributed by atoms with van der Waals surface area (Å²) in [5.41, 5.74) is 1.02. The van der Waals surface area contributed by atoms with Crippen molar-refractivity contribution in [3.63, 3.8) is 0 Å². The van der Waals surface area contributed by atoms with Gasteiger partial charge < -0.3 is 9.47 Å². The van der Waals surface area contributed by atoms with Crippen LogP contribution >= 0.6 is 0 Å². The number of hydrogen-bond acceptors (Lipinski definition) is 4. The summed E-state index contributed by atoms with van der Waals surface area (Å²) in [5.74, 6) is 1.38. The first kappa shape index (κ1) is 10.8. The molecule has 14 heavy (non-hydrogen) atoms. The smallest absolute Gasteiger partial charge is 0.160 e. The predicted octanol–water partition coefficient (Wildman–Crippen LogP) is 1.74. The molecular weight excluding hydrogens is 184 g/mol. The van der Waals surface area contributed by atoms with Crippen molar-refractivity contribution in [2.75, 3.05) is 20.8 Å². The lowest BCUT2D eigenvalue weighted by atomic mass is 10.1. The van der Waals surface area contributed by atoms with Gasteiger partial charge in [0.1, 0.15) is 0 Å². The highest BCUT2D eigenvalue weighted by Crippen LogP contribution is 2.27. The van der Waals surface area contributed by atoms with E-state index in [9.17, 15) is 0 Å². The van der Waals surface area contributed by atoms with Gasteiger partial charge in [-0.3, -0.25) is 5.26 Å². The van der Waals surface area contributed by atoms with Gasteiger partial charge in [-0.05, 0) is 24.1 Å². The Morgan fingerprint density at radius 1 is 1.14 bits per heavy atom. The lowest BCUT2D eigenvalue weighted by molar-refractivity contribution is -0.241. The molecule has 1 N–H and O–H groups in total. The molecule has 4 heteroatoms. The topological polar surface area (TPSA) is 47.9 Å². The van der Waals surface area contributed by atoms with Crippen LogP contribution in [0.4, 0.5) is 0 Å². The molecule has 0 aliphatic rings. The Balaban J connectivity index is 2.79. The quantitative estimate of drug-likeness (QED) is 0.578. The largest absolute Gasteiger partial charge is 0.493 e. The highest BCUT2D eigenvalue weighted by molar-refractivity contribution is 5.42. The van der Waals surface area contributed by atoms with Crippen LogP contribution in [0.5, 0.6) is 11.5 Å². The van der Waals surface area contributed by atoms with Gasteiger partial charge >= 0.3 is 0 Å². The molecule has 0 unspecified atom stereocenters. The molecule has 0 heterocycles. The van der Waals surface area contributed by atoms with E-state index in [-0.39, 0.29) is 6.61 Å². The Morgan fingerprint density at radius 2 is 1.86 bits per heavy atom. The van der Waals surface area contributed by atoms with E-state index in [0.717, 1.165) is 5.56 Å². The highest BCUT2D eigenvalue weighted by atomic mass is 17.1. The summed E-state index contributed by atoms with van der Waals surface area (Å²) < 4.78 is 10.2. The number of ether oxygens (including phenoxy) is 2. The van der Waals surface area contributed by atoms with Crippen LogP contribution in [0.2, 0.25) is 0 Å². The number of hydrogen-bond donors (Lipinski definition) is 1. The Bertz CT molecular complexity index is 285. The molecule has 0 fully saturated rings. The molecule has 0 aromatic heterocycles. The average Bonchev–Trinajstić information content (AvgIpc) is 2.25. The molecule has 0 aliphatic heterocycles. The Kier molecular flexibility index (Phi) is 4.22. The molecule has 0 bridgehead atoms. The summed E-state index contributed by atoms with van der Waals surface area (Å²) in [6.45, 7) is 0.273. The second kappa shape index (κ2) is 5.47. The maximum Gasteiger partial charge on any atom is 0.160 e. The summed E-state index contributed by atoms with van der Waals surface area (Å²) in [5, 5.41) is 8.20. The van der Waals surface area contributed by atoms with Gasteiger partial charge in [0, 0.05) is 0 Å². The van der Waals surface area contributed by atoms with E-state index < -0.39 is 0 Å². The molecule has 4 nitrogen and oxygen atoms in total. The first-order valence-electron chi connectivity index (χ1n) is 4.29. The standard InChI is InChI=1S/C10H14O4/c1-12-9-4-3-8(5-6-14-11)7-10(9)13-2/h3-4,7,11H,5-6H2,1-2H3. The molecule has 0 saturated carbocycles. The van der Waals surface area contributed by atoms with E-state index in [1.165, 1.54) is 0 Å². The van der Waals surface area contributed by atoms with E-state index in [1.54, 1.807) is 14.2 Å². The van der Waals surface area contributed by atoms with Crippen LogP contribution in [0.15, 0.2) is 18.2 Å². The minimum absolute atomic E-state index is 0.273. The SMILES string of the molecule is COc1ccc(CCOO)cc1OC. The van der Waals surface area contributed by atoms with E-state index >= 15 is 0 Å². The summed E-state index contributed by atoms with van der Waals surface area (Å²) >= 11 is 0. The molecule has 0 spiro atoms. The zero-order chi connectivity index (χ0) is 10.4. The van der Waals surface area contributed by atoms with Crippen molar-refractivity contribution in [1.29, 1.82) is 0 Å². The second-order valence-corrected chi connectivity index (χ2v) is 2.77. The van der Waals surface area contributed by atoms with Crippen LogP contribution in [0.1, 0.15) is 5.56 Å². The number of rotatable bonds is 5. The van der Waals surface area contributed by atoms with Crippen molar-refractivity contribution < 1.29 is 19.6 Å². The minimum atomic E-state index is 0.273. The predicted molar refractivity (Wildman–Crippen MR) is 51.8 cm³/mol. The third-order valence-electron chi connectivity index (χ3n) is 1.93. The number of methoxy groups -OCH3 is 2. The summed E-state index contributed by atoms with van der Waals surface area (Å²) in [6, 6.07) is 5.59. The molecular formula is C10H14O4. The van der Waals surface area contributed by atoms with Gasteiger partial charge in [-0.1, -0.05) is 6.07 Å². The molecule has 1 rings (SSSR count). The van der Waals surface area contributed by atoms with Crippen LogP contribution in [0.3, 0.4) is 0 Å². The van der Waals surface area contributed by atoms with Gasteiger partial charge in [-0.25, -0.2) is 4.89 Å². The van der Waals surface area contributed by atoms with E-state index in [0.29, 0.717) is 17.9 Å². The van der Waals surface area contributed by atoms with E-state index in [2.05, 4.69) is 4.89 Å². The van der Waals surface area contributed by atoms with Crippen LogP contribution in [0, 0.1) is 0 Å². The summed E-state index contributed by atoms with van der Waals surface area (Å²) in [4.78, 5) is 4.00. The molecule has 78 valence electrons. The third kappa shape index (κ3) is 2.61. The van der Waals surface area contributed by atoms with Crippen molar-refractivity contribution in [2.24, 2.45) is 0 Å². The fraction of sp³-hybridized carbons (Fsp3) is 0.400. The monoisotopic (exact) mass is 198 g/mol. The molecule has 1 aromatic rings. The number of benzene rings is 1. The first-order valence-corrected chi connectivity index (χ1v) is 4.29. The van der Waals surface area contributed by atoms with Gasteiger partial charge in [0.2, 0.25) is 0 Å². The van der Waals surface area contributed by atoms with Crippen molar-refractivity contribution >= 4 is 0 Å². The van der Waals surface area contributed by atoms with Gasteiger partial charge in [0.15, 0.2) is 11.5 Å². The maximum atomic E-state index is 8.20. The lowest BCUT2D eigenvalue weighted by Crippen LogP contribution is -1.96. The Morgan fingerprint density at radius 3 is 2.43 bits per heavy atom. The van der Waals surface area contributed by atoms with Crippen molar-refractivity contribution in [3.8, 4) is 11.5 Å². The normalized spacial score (nSPS) is 9.93. The highest BCUT2D eigenvalue weighted by Gasteiger charge is 2.03. The Labute approximate surface area is 83.0 Å². The molecule has 0 saturated heterocycles. The van der Waals surface area contributed by atoms with Gasteiger partial charge in [-0.2, -0.15) is 0 Å². The lowest BCUT2D eigenvalue weighted by Gasteiger charge is -2.08. The van der Waals surface area contributed by atoms with Gasteiger partial charge in [-0.15, -0.1) is 0 Å². The third-order valence-corrected chi connectivity index (χ3v) is 1.93. The summed E-state index contributed by atoms with van der Waals surface area (Å²) in [6.07, 6.45) is 0.636. The van der Waals surface area contributed by atoms with Crippen molar-refractivity contribution in [2.45, 2.75) is 6.42 Å². The van der Waals surface area contributed by atoms with Crippen LogP contribution in [0.25, 0.3) is 0 Å².